The van der Waals surface area contributed by atoms with Crippen LogP contribution in [0, 0.1) is 6.92 Å². The van der Waals surface area contributed by atoms with Gasteiger partial charge in [-0.2, -0.15) is 0 Å². The molecule has 0 saturated carbocycles. The van der Waals surface area contributed by atoms with E-state index in [-0.39, 0.29) is 36.4 Å². The second-order valence-electron chi connectivity index (χ2n) is 5.80. The van der Waals surface area contributed by atoms with E-state index in [4.69, 9.17) is 0 Å². The molecule has 0 aliphatic heterocycles. The number of halogens is 2. The van der Waals surface area contributed by atoms with Crippen LogP contribution in [-0.2, 0) is 17.9 Å². The lowest BCUT2D eigenvalue weighted by molar-refractivity contribution is -0.127. The van der Waals surface area contributed by atoms with Gasteiger partial charge in [0.05, 0.1) is 19.6 Å². The van der Waals surface area contributed by atoms with Gasteiger partial charge < -0.3 is 15.5 Å². The number of aryl methyl sites for hydroxylation is 1. The summed E-state index contributed by atoms with van der Waals surface area (Å²) in [7, 11) is 3.48. The van der Waals surface area contributed by atoms with E-state index >= 15 is 0 Å². The van der Waals surface area contributed by atoms with Gasteiger partial charge in [-0.1, -0.05) is 28.1 Å². The largest absolute Gasteiger partial charge is 0.351 e. The van der Waals surface area contributed by atoms with Crippen LogP contribution in [0.2, 0.25) is 0 Å². The Hall–Kier alpha value is -1.13. The molecule has 0 bridgehead atoms. The van der Waals surface area contributed by atoms with Gasteiger partial charge in [-0.15, -0.1) is 35.3 Å². The first-order valence-electron chi connectivity index (χ1n) is 7.96. The lowest BCUT2D eigenvalue weighted by Crippen LogP contribution is -2.42. The first-order chi connectivity index (χ1) is 11.9. The van der Waals surface area contributed by atoms with Gasteiger partial charge in [0.15, 0.2) is 5.96 Å². The molecule has 2 rings (SSSR count). The van der Waals surface area contributed by atoms with Gasteiger partial charge in [0.25, 0.3) is 0 Å². The van der Waals surface area contributed by atoms with Gasteiger partial charge >= 0.3 is 0 Å². The van der Waals surface area contributed by atoms with E-state index in [0.717, 1.165) is 10.0 Å². The van der Waals surface area contributed by atoms with Crippen molar-refractivity contribution < 1.29 is 4.79 Å². The van der Waals surface area contributed by atoms with Crippen molar-refractivity contribution in [2.45, 2.75) is 20.0 Å². The summed E-state index contributed by atoms with van der Waals surface area (Å²) in [5.74, 6) is 0.634. The summed E-state index contributed by atoms with van der Waals surface area (Å²) in [6.45, 7) is 3.52. The Kier molecular flexibility index (Phi) is 10.2. The number of carbonyl (C=O) groups excluding carboxylic acids is 1. The number of hydrogen-bond donors (Lipinski definition) is 2. The zero-order valence-electron chi connectivity index (χ0n) is 15.1. The summed E-state index contributed by atoms with van der Waals surface area (Å²) in [6, 6.07) is 12.2. The van der Waals surface area contributed by atoms with Gasteiger partial charge in [0, 0.05) is 28.3 Å². The third-order valence-electron chi connectivity index (χ3n) is 3.46. The fraction of sp³-hybridized carbons (Fsp3) is 0.333. The van der Waals surface area contributed by atoms with Gasteiger partial charge in [0.2, 0.25) is 5.91 Å². The number of hydrogen-bond acceptors (Lipinski definition) is 3. The second-order valence-corrected chi connectivity index (χ2v) is 8.09. The number of nitrogens with one attached hydrogen (secondary N) is 2. The predicted molar refractivity (Wildman–Crippen MR) is 123 cm³/mol. The van der Waals surface area contributed by atoms with E-state index in [9.17, 15) is 4.79 Å². The quantitative estimate of drug-likeness (QED) is 0.327. The van der Waals surface area contributed by atoms with Crippen LogP contribution in [0.25, 0.3) is 0 Å². The molecule has 0 aliphatic rings. The lowest BCUT2D eigenvalue weighted by atomic mass is 10.2. The molecular formula is C18H24BrIN4OS. The number of carbonyl (C=O) groups is 1. The highest BCUT2D eigenvalue weighted by atomic mass is 127. The lowest BCUT2D eigenvalue weighted by Gasteiger charge is -2.14. The van der Waals surface area contributed by atoms with Crippen molar-refractivity contribution in [3.8, 4) is 0 Å². The van der Waals surface area contributed by atoms with Crippen LogP contribution in [0.3, 0.4) is 0 Å². The molecule has 1 amide bonds. The zero-order valence-corrected chi connectivity index (χ0v) is 19.8. The topological polar surface area (TPSA) is 56.7 Å². The van der Waals surface area contributed by atoms with E-state index in [1.807, 2.05) is 24.3 Å². The molecule has 1 heterocycles. The molecule has 0 fully saturated rings. The predicted octanol–water partition coefficient (Wildman–Crippen LogP) is 3.76. The van der Waals surface area contributed by atoms with E-state index in [1.165, 1.54) is 9.75 Å². The summed E-state index contributed by atoms with van der Waals surface area (Å²) < 4.78 is 1.04. The molecule has 1 aromatic heterocycles. The molecule has 0 aliphatic carbocycles. The Morgan fingerprint density at radius 1 is 1.15 bits per heavy atom. The molecule has 0 atom stereocenters. The monoisotopic (exact) mass is 550 g/mol. The number of aliphatic imine (C=N–C) groups is 1. The molecule has 2 aromatic rings. The van der Waals surface area contributed by atoms with Gasteiger partial charge in [-0.05, 0) is 36.8 Å². The number of thiophene rings is 1. The molecule has 0 radical (unpaired) electrons. The number of amides is 1. The fourth-order valence-electron chi connectivity index (χ4n) is 2.00. The average molecular weight is 551 g/mol. The summed E-state index contributed by atoms with van der Waals surface area (Å²) in [4.78, 5) is 20.5. The highest BCUT2D eigenvalue weighted by Gasteiger charge is 2.06. The van der Waals surface area contributed by atoms with E-state index in [0.29, 0.717) is 19.0 Å². The molecule has 1 aromatic carbocycles. The van der Waals surface area contributed by atoms with E-state index in [2.05, 4.69) is 50.6 Å². The number of nitrogens with zero attached hydrogens (tertiary/aromatic N) is 2. The van der Waals surface area contributed by atoms with Crippen LogP contribution in [0.5, 0.6) is 0 Å². The Balaban J connectivity index is 0.00000338. The number of guanidine groups is 1. The Morgan fingerprint density at radius 3 is 2.42 bits per heavy atom. The summed E-state index contributed by atoms with van der Waals surface area (Å²) in [6.07, 6.45) is 0. The average Bonchev–Trinajstić information content (AvgIpc) is 3.00. The summed E-state index contributed by atoms with van der Waals surface area (Å²) in [5.41, 5.74) is 1.11. The zero-order chi connectivity index (χ0) is 18.2. The number of benzene rings is 1. The number of rotatable bonds is 6. The van der Waals surface area contributed by atoms with Crippen molar-refractivity contribution in [1.82, 2.24) is 15.5 Å². The minimum absolute atomic E-state index is 0. The SMILES string of the molecule is Cc1ccc(CNC(=NCc2ccc(Br)cc2)NCC(=O)N(C)C)s1.I. The summed E-state index contributed by atoms with van der Waals surface area (Å²) in [5, 5.41) is 6.40. The second kappa shape index (κ2) is 11.6. The molecule has 2 N–H and O–H groups in total. The van der Waals surface area contributed by atoms with Crippen LogP contribution in [-0.4, -0.2) is 37.4 Å². The third kappa shape index (κ3) is 8.05. The molecule has 26 heavy (non-hydrogen) atoms. The Morgan fingerprint density at radius 2 is 1.85 bits per heavy atom. The van der Waals surface area contributed by atoms with E-state index in [1.54, 1.807) is 30.3 Å². The van der Waals surface area contributed by atoms with Crippen molar-refractivity contribution in [3.05, 3.63) is 56.2 Å². The van der Waals surface area contributed by atoms with Crippen molar-refractivity contribution in [2.24, 2.45) is 4.99 Å². The van der Waals surface area contributed by atoms with Crippen LogP contribution in [0.4, 0.5) is 0 Å². The maximum atomic E-state index is 11.8. The minimum atomic E-state index is 0. The minimum Gasteiger partial charge on any atom is -0.351 e. The molecule has 5 nitrogen and oxygen atoms in total. The summed E-state index contributed by atoms with van der Waals surface area (Å²) >= 11 is 5.18. The molecule has 0 saturated heterocycles. The smallest absolute Gasteiger partial charge is 0.241 e. The maximum Gasteiger partial charge on any atom is 0.241 e. The first-order valence-corrected chi connectivity index (χ1v) is 9.57. The van der Waals surface area contributed by atoms with Crippen LogP contribution in [0.15, 0.2) is 45.9 Å². The molecule has 8 heteroatoms. The third-order valence-corrected chi connectivity index (χ3v) is 4.99. The van der Waals surface area contributed by atoms with Crippen molar-refractivity contribution in [2.75, 3.05) is 20.6 Å². The molecule has 142 valence electrons. The van der Waals surface area contributed by atoms with Crippen molar-refractivity contribution in [3.63, 3.8) is 0 Å². The van der Waals surface area contributed by atoms with Crippen LogP contribution < -0.4 is 10.6 Å². The fourth-order valence-corrected chi connectivity index (χ4v) is 3.10. The van der Waals surface area contributed by atoms with Gasteiger partial charge in [-0.25, -0.2) is 4.99 Å². The highest BCUT2D eigenvalue weighted by molar-refractivity contribution is 14.0. The first kappa shape index (κ1) is 22.9. The Bertz CT molecular complexity index is 731. The van der Waals surface area contributed by atoms with Crippen molar-refractivity contribution >= 4 is 63.1 Å². The highest BCUT2D eigenvalue weighted by Crippen LogP contribution is 2.14. The standard InChI is InChI=1S/C18H23BrN4OS.HI/c1-13-4-9-16(25-13)11-21-18(22-12-17(24)23(2)3)20-10-14-5-7-15(19)8-6-14;/h4-9H,10-12H2,1-3H3,(H2,20,21,22);1H. The molecule has 0 spiro atoms. The van der Waals surface area contributed by atoms with Crippen LogP contribution in [0.1, 0.15) is 15.3 Å². The normalized spacial score (nSPS) is 10.8. The van der Waals surface area contributed by atoms with Gasteiger partial charge in [0.1, 0.15) is 0 Å². The number of likely N-dealkylation sites (N-methyl/N-ethyl adjacent to an activating group) is 1. The molecular weight excluding hydrogens is 527 g/mol. The van der Waals surface area contributed by atoms with Gasteiger partial charge in [-0.3, -0.25) is 4.79 Å². The van der Waals surface area contributed by atoms with E-state index < -0.39 is 0 Å². The van der Waals surface area contributed by atoms with Crippen LogP contribution >= 0.6 is 51.2 Å². The maximum absolute atomic E-state index is 11.8. The Labute approximate surface area is 184 Å². The van der Waals surface area contributed by atoms with Crippen molar-refractivity contribution in [1.29, 1.82) is 0 Å². The molecule has 0 unspecified atom stereocenters.